The molecule has 1 rings (SSSR count). The minimum Gasteiger partial charge on any atom is -0.426 e. The van der Waals surface area contributed by atoms with E-state index in [2.05, 4.69) is 0 Å². The lowest BCUT2D eigenvalue weighted by atomic mass is 9.97. The van der Waals surface area contributed by atoms with Gasteiger partial charge >= 0.3 is 11.9 Å². The molecule has 0 spiro atoms. The predicted molar refractivity (Wildman–Crippen MR) is 81.4 cm³/mol. The van der Waals surface area contributed by atoms with E-state index in [0.29, 0.717) is 11.5 Å². The second kappa shape index (κ2) is 5.88. The van der Waals surface area contributed by atoms with Gasteiger partial charge in [-0.05, 0) is 66.2 Å². The van der Waals surface area contributed by atoms with Crippen LogP contribution in [0.4, 0.5) is 0 Å². The van der Waals surface area contributed by atoms with E-state index in [9.17, 15) is 9.59 Å². The molecule has 0 heterocycles. The summed E-state index contributed by atoms with van der Waals surface area (Å²) in [4.78, 5) is 23.8. The minimum absolute atomic E-state index is 0.332. The van der Waals surface area contributed by atoms with Crippen LogP contribution in [0.3, 0.4) is 0 Å². The van der Waals surface area contributed by atoms with Crippen LogP contribution in [0.15, 0.2) is 18.2 Å². The molecule has 0 unspecified atom stereocenters. The van der Waals surface area contributed by atoms with E-state index in [0.717, 1.165) is 5.56 Å². The third kappa shape index (κ3) is 5.21. The molecule has 4 heteroatoms. The van der Waals surface area contributed by atoms with Crippen LogP contribution in [0.2, 0.25) is 0 Å². The van der Waals surface area contributed by atoms with E-state index in [1.807, 2.05) is 6.92 Å². The molecular formula is C17H24O4. The van der Waals surface area contributed by atoms with Crippen molar-refractivity contribution in [3.05, 3.63) is 23.8 Å². The van der Waals surface area contributed by atoms with Crippen molar-refractivity contribution in [3.8, 4) is 11.5 Å². The van der Waals surface area contributed by atoms with Gasteiger partial charge in [-0.2, -0.15) is 0 Å². The monoisotopic (exact) mass is 292 g/mol. The summed E-state index contributed by atoms with van der Waals surface area (Å²) in [6, 6.07) is 5.02. The van der Waals surface area contributed by atoms with Crippen molar-refractivity contribution < 1.29 is 19.1 Å². The molecule has 0 amide bonds. The third-order valence-electron chi connectivity index (χ3n) is 2.67. The zero-order chi connectivity index (χ0) is 16.4. The van der Waals surface area contributed by atoms with Gasteiger partial charge in [0.1, 0.15) is 11.5 Å². The van der Waals surface area contributed by atoms with Crippen LogP contribution in [-0.2, 0) is 9.59 Å². The third-order valence-corrected chi connectivity index (χ3v) is 2.67. The van der Waals surface area contributed by atoms with E-state index in [1.165, 1.54) is 0 Å². The topological polar surface area (TPSA) is 52.6 Å². The van der Waals surface area contributed by atoms with E-state index in [4.69, 9.17) is 9.47 Å². The van der Waals surface area contributed by atoms with Gasteiger partial charge in [0.15, 0.2) is 0 Å². The van der Waals surface area contributed by atoms with Crippen molar-refractivity contribution in [1.29, 1.82) is 0 Å². The average Bonchev–Trinajstić information content (AvgIpc) is 2.25. The molecule has 1 aromatic rings. The summed E-state index contributed by atoms with van der Waals surface area (Å²) in [5.41, 5.74) is -0.330. The summed E-state index contributed by atoms with van der Waals surface area (Å²) in [5.74, 6) is 0.0978. The van der Waals surface area contributed by atoms with Crippen molar-refractivity contribution in [1.82, 2.24) is 0 Å². The Bertz CT molecular complexity index is 499. The first-order chi connectivity index (χ1) is 9.39. The number of hydrogen-bond donors (Lipinski definition) is 0. The largest absolute Gasteiger partial charge is 0.426 e. The number of rotatable bonds is 2. The number of carbonyl (C=O) groups is 2. The Hall–Kier alpha value is -1.84. The zero-order valence-electron chi connectivity index (χ0n) is 13.9. The van der Waals surface area contributed by atoms with Crippen molar-refractivity contribution in [3.63, 3.8) is 0 Å². The fourth-order valence-electron chi connectivity index (χ4n) is 1.35. The Morgan fingerprint density at radius 1 is 0.762 bits per heavy atom. The zero-order valence-corrected chi connectivity index (χ0v) is 13.9. The Kier molecular flexibility index (Phi) is 4.82. The highest BCUT2D eigenvalue weighted by molar-refractivity contribution is 5.79. The predicted octanol–water partition coefficient (Wildman–Crippen LogP) is 3.90. The van der Waals surface area contributed by atoms with Crippen LogP contribution in [0, 0.1) is 17.8 Å². The van der Waals surface area contributed by atoms with Gasteiger partial charge in [0.25, 0.3) is 0 Å². The second-order valence-corrected chi connectivity index (χ2v) is 7.26. The first kappa shape index (κ1) is 17.2. The quantitative estimate of drug-likeness (QED) is 0.613. The number of benzene rings is 1. The minimum atomic E-state index is -0.591. The molecule has 21 heavy (non-hydrogen) atoms. The molecule has 116 valence electrons. The summed E-state index contributed by atoms with van der Waals surface area (Å²) in [7, 11) is 0. The molecule has 0 saturated carbocycles. The normalized spacial score (nSPS) is 12.0. The van der Waals surface area contributed by atoms with Crippen molar-refractivity contribution in [2.45, 2.75) is 48.5 Å². The summed E-state index contributed by atoms with van der Waals surface area (Å²) in [6.45, 7) is 12.6. The lowest BCUT2D eigenvalue weighted by molar-refractivity contribution is -0.143. The van der Waals surface area contributed by atoms with Gasteiger partial charge in [0.2, 0.25) is 0 Å². The maximum atomic E-state index is 11.9. The Morgan fingerprint density at radius 3 is 1.38 bits per heavy atom. The Morgan fingerprint density at radius 2 is 1.10 bits per heavy atom. The number of esters is 2. The molecular weight excluding hydrogens is 268 g/mol. The number of ether oxygens (including phenoxy) is 2. The number of hydrogen-bond acceptors (Lipinski definition) is 4. The van der Waals surface area contributed by atoms with Crippen LogP contribution in [-0.4, -0.2) is 11.9 Å². The lowest BCUT2D eigenvalue weighted by Gasteiger charge is -2.18. The molecule has 0 aliphatic rings. The maximum Gasteiger partial charge on any atom is 0.316 e. The molecule has 0 aliphatic heterocycles. The van der Waals surface area contributed by atoms with Crippen LogP contribution in [0.1, 0.15) is 47.1 Å². The molecule has 0 N–H and O–H groups in total. The Balaban J connectivity index is 2.96. The maximum absolute atomic E-state index is 11.9. The molecule has 0 radical (unpaired) electrons. The molecule has 0 fully saturated rings. The van der Waals surface area contributed by atoms with Gasteiger partial charge in [0.05, 0.1) is 10.8 Å². The van der Waals surface area contributed by atoms with Crippen LogP contribution in [0.5, 0.6) is 11.5 Å². The van der Waals surface area contributed by atoms with Gasteiger partial charge in [-0.1, -0.05) is 0 Å². The van der Waals surface area contributed by atoms with Crippen LogP contribution < -0.4 is 9.47 Å². The highest BCUT2D eigenvalue weighted by Crippen LogP contribution is 2.27. The molecule has 0 bridgehead atoms. The summed E-state index contributed by atoms with van der Waals surface area (Å²) in [6.07, 6.45) is 0. The van der Waals surface area contributed by atoms with Gasteiger partial charge < -0.3 is 9.47 Å². The van der Waals surface area contributed by atoms with E-state index < -0.39 is 10.8 Å². The number of aryl methyl sites for hydroxylation is 1. The number of carbonyl (C=O) groups excluding carboxylic acids is 2. The fraction of sp³-hybridized carbons (Fsp3) is 0.529. The van der Waals surface area contributed by atoms with Crippen LogP contribution >= 0.6 is 0 Å². The van der Waals surface area contributed by atoms with Gasteiger partial charge in [-0.3, -0.25) is 9.59 Å². The first-order valence-corrected chi connectivity index (χ1v) is 6.96. The molecule has 0 atom stereocenters. The SMILES string of the molecule is Cc1cc(OC(=O)C(C)(C)C)cc(OC(=O)C(C)(C)C)c1. The van der Waals surface area contributed by atoms with E-state index in [-0.39, 0.29) is 11.9 Å². The molecule has 0 aromatic heterocycles. The van der Waals surface area contributed by atoms with Gasteiger partial charge in [-0.25, -0.2) is 0 Å². The Labute approximate surface area is 126 Å². The van der Waals surface area contributed by atoms with E-state index in [1.54, 1.807) is 59.7 Å². The van der Waals surface area contributed by atoms with Crippen molar-refractivity contribution in [2.75, 3.05) is 0 Å². The summed E-state index contributed by atoms with van der Waals surface area (Å²) >= 11 is 0. The fourth-order valence-corrected chi connectivity index (χ4v) is 1.35. The van der Waals surface area contributed by atoms with Crippen LogP contribution in [0.25, 0.3) is 0 Å². The molecule has 1 aromatic carbocycles. The average molecular weight is 292 g/mol. The van der Waals surface area contributed by atoms with Gasteiger partial charge in [-0.15, -0.1) is 0 Å². The lowest BCUT2D eigenvalue weighted by Crippen LogP contribution is -2.26. The molecule has 0 saturated heterocycles. The summed E-state index contributed by atoms with van der Waals surface area (Å²) in [5, 5.41) is 0. The summed E-state index contributed by atoms with van der Waals surface area (Å²) < 4.78 is 10.7. The standard InChI is InChI=1S/C17H24O4/c1-11-8-12(20-14(18)16(2,3)4)10-13(9-11)21-15(19)17(5,6)7/h8-10H,1-7H3. The van der Waals surface area contributed by atoms with Gasteiger partial charge in [0, 0.05) is 6.07 Å². The van der Waals surface area contributed by atoms with Crippen molar-refractivity contribution >= 4 is 11.9 Å². The van der Waals surface area contributed by atoms with E-state index >= 15 is 0 Å². The first-order valence-electron chi connectivity index (χ1n) is 6.96. The molecule has 0 aliphatic carbocycles. The highest BCUT2D eigenvalue weighted by Gasteiger charge is 2.25. The molecule has 4 nitrogen and oxygen atoms in total. The smallest absolute Gasteiger partial charge is 0.316 e. The second-order valence-electron chi connectivity index (χ2n) is 7.26. The van der Waals surface area contributed by atoms with Crippen molar-refractivity contribution in [2.24, 2.45) is 10.8 Å². The highest BCUT2D eigenvalue weighted by atomic mass is 16.5.